The van der Waals surface area contributed by atoms with E-state index < -0.39 is 6.03 Å². The van der Waals surface area contributed by atoms with Gasteiger partial charge in [-0.25, -0.2) is 4.79 Å². The fourth-order valence-electron chi connectivity index (χ4n) is 2.42. The maximum absolute atomic E-state index is 12.0. The molecule has 0 aliphatic heterocycles. The molecule has 0 aliphatic rings. The molecule has 0 spiro atoms. The van der Waals surface area contributed by atoms with Crippen LogP contribution in [0.4, 0.5) is 4.79 Å². The van der Waals surface area contributed by atoms with E-state index in [2.05, 4.69) is 16.0 Å². The summed E-state index contributed by atoms with van der Waals surface area (Å²) in [4.78, 5) is 23.7. The number of para-hydroxylation sites is 2. The summed E-state index contributed by atoms with van der Waals surface area (Å²) in [5.74, 6) is 1.71. The average molecular weight is 379 g/mol. The lowest BCUT2D eigenvalue weighted by Gasteiger charge is -2.12. The van der Waals surface area contributed by atoms with E-state index in [1.165, 1.54) is 6.26 Å². The highest BCUT2D eigenvalue weighted by Crippen LogP contribution is 2.24. The number of hydrogen-bond donors (Lipinski definition) is 3. The van der Waals surface area contributed by atoms with Gasteiger partial charge < -0.3 is 25.1 Å². The monoisotopic (exact) mass is 379 g/mol. The van der Waals surface area contributed by atoms with Gasteiger partial charge in [0.1, 0.15) is 17.3 Å². The molecule has 0 unspecified atom stereocenters. The number of urea groups is 1. The van der Waals surface area contributed by atoms with Gasteiger partial charge in [-0.1, -0.05) is 36.4 Å². The quantitative estimate of drug-likeness (QED) is 0.560. The Morgan fingerprint density at radius 3 is 2.39 bits per heavy atom. The lowest BCUT2D eigenvalue weighted by molar-refractivity contribution is -0.120. The van der Waals surface area contributed by atoms with Gasteiger partial charge in [-0.3, -0.25) is 4.79 Å². The molecule has 0 fully saturated rings. The van der Waals surface area contributed by atoms with Crippen molar-refractivity contribution >= 4 is 11.9 Å². The normalized spacial score (nSPS) is 10.1. The minimum atomic E-state index is -0.442. The summed E-state index contributed by atoms with van der Waals surface area (Å²) in [5.41, 5.74) is 0.823. The number of rotatable bonds is 8. The first-order valence-corrected chi connectivity index (χ1v) is 8.82. The van der Waals surface area contributed by atoms with Crippen molar-refractivity contribution in [3.05, 3.63) is 84.3 Å². The van der Waals surface area contributed by atoms with Crippen molar-refractivity contribution in [1.29, 1.82) is 0 Å². The molecule has 7 nitrogen and oxygen atoms in total. The third-order valence-electron chi connectivity index (χ3n) is 3.83. The van der Waals surface area contributed by atoms with Crippen LogP contribution in [-0.2, 0) is 17.9 Å². The number of carbonyl (C=O) groups excluding carboxylic acids is 2. The van der Waals surface area contributed by atoms with E-state index in [1.807, 2.05) is 54.6 Å². The van der Waals surface area contributed by atoms with Crippen molar-refractivity contribution in [2.75, 3.05) is 6.54 Å². The lowest BCUT2D eigenvalue weighted by Crippen LogP contribution is -2.41. The van der Waals surface area contributed by atoms with E-state index in [0.717, 1.165) is 5.56 Å². The van der Waals surface area contributed by atoms with Gasteiger partial charge in [0.2, 0.25) is 5.91 Å². The highest BCUT2D eigenvalue weighted by Gasteiger charge is 2.08. The van der Waals surface area contributed by atoms with Crippen molar-refractivity contribution in [1.82, 2.24) is 16.0 Å². The maximum Gasteiger partial charge on any atom is 0.315 e. The standard InChI is InChI=1S/C21H21N3O4/c25-20(22-14-18-10-6-12-27-18)15-24-21(26)23-13-16-7-4-5-11-19(16)28-17-8-2-1-3-9-17/h1-12H,13-15H2,(H,22,25)(H2,23,24,26). The zero-order valence-electron chi connectivity index (χ0n) is 15.2. The Morgan fingerprint density at radius 1 is 0.821 bits per heavy atom. The predicted molar refractivity (Wildman–Crippen MR) is 104 cm³/mol. The molecule has 0 saturated carbocycles. The number of nitrogens with one attached hydrogen (secondary N) is 3. The van der Waals surface area contributed by atoms with Crippen molar-refractivity contribution in [2.24, 2.45) is 0 Å². The van der Waals surface area contributed by atoms with Crippen molar-refractivity contribution in [3.63, 3.8) is 0 Å². The molecule has 0 aliphatic carbocycles. The first kappa shape index (κ1) is 19.0. The van der Waals surface area contributed by atoms with Crippen LogP contribution in [0.2, 0.25) is 0 Å². The van der Waals surface area contributed by atoms with Crippen LogP contribution in [0.3, 0.4) is 0 Å². The molecule has 3 N–H and O–H groups in total. The molecular formula is C21H21N3O4. The molecular weight excluding hydrogens is 358 g/mol. The molecule has 28 heavy (non-hydrogen) atoms. The van der Waals surface area contributed by atoms with Crippen LogP contribution in [0.25, 0.3) is 0 Å². The van der Waals surface area contributed by atoms with E-state index in [-0.39, 0.29) is 25.5 Å². The summed E-state index contributed by atoms with van der Waals surface area (Å²) >= 11 is 0. The molecule has 7 heteroatoms. The summed E-state index contributed by atoms with van der Waals surface area (Å²) in [6.07, 6.45) is 1.53. The molecule has 3 rings (SSSR count). The summed E-state index contributed by atoms with van der Waals surface area (Å²) in [5, 5.41) is 7.90. The largest absolute Gasteiger partial charge is 0.467 e. The minimum Gasteiger partial charge on any atom is -0.467 e. The Morgan fingerprint density at radius 2 is 1.61 bits per heavy atom. The van der Waals surface area contributed by atoms with Gasteiger partial charge in [0.15, 0.2) is 0 Å². The molecule has 0 atom stereocenters. The molecule has 1 heterocycles. The van der Waals surface area contributed by atoms with E-state index >= 15 is 0 Å². The van der Waals surface area contributed by atoms with Gasteiger partial charge in [-0.05, 0) is 30.3 Å². The number of carbonyl (C=O) groups is 2. The lowest BCUT2D eigenvalue weighted by atomic mass is 10.2. The van der Waals surface area contributed by atoms with Crippen LogP contribution in [0, 0.1) is 0 Å². The first-order chi connectivity index (χ1) is 13.7. The third kappa shape index (κ3) is 5.91. The average Bonchev–Trinajstić information content (AvgIpc) is 3.24. The van der Waals surface area contributed by atoms with E-state index in [9.17, 15) is 9.59 Å². The first-order valence-electron chi connectivity index (χ1n) is 8.82. The van der Waals surface area contributed by atoms with E-state index in [4.69, 9.17) is 9.15 Å². The van der Waals surface area contributed by atoms with Gasteiger partial charge >= 0.3 is 6.03 Å². The number of ether oxygens (including phenoxy) is 1. The second-order valence-corrected chi connectivity index (χ2v) is 5.92. The second kappa shape index (κ2) is 9.82. The molecule has 0 radical (unpaired) electrons. The minimum absolute atomic E-state index is 0.130. The van der Waals surface area contributed by atoms with Crippen LogP contribution in [0.1, 0.15) is 11.3 Å². The summed E-state index contributed by atoms with van der Waals surface area (Å²) in [7, 11) is 0. The second-order valence-electron chi connectivity index (χ2n) is 5.92. The topological polar surface area (TPSA) is 92.6 Å². The van der Waals surface area contributed by atoms with Gasteiger partial charge in [0.25, 0.3) is 0 Å². The van der Waals surface area contributed by atoms with Gasteiger partial charge in [-0.2, -0.15) is 0 Å². The van der Waals surface area contributed by atoms with Crippen LogP contribution in [0.5, 0.6) is 11.5 Å². The highest BCUT2D eigenvalue weighted by atomic mass is 16.5. The van der Waals surface area contributed by atoms with E-state index in [1.54, 1.807) is 12.1 Å². The molecule has 144 valence electrons. The SMILES string of the molecule is O=C(CNC(=O)NCc1ccccc1Oc1ccccc1)NCc1ccco1. The Hall–Kier alpha value is -3.74. The Kier molecular flexibility index (Phi) is 6.67. The van der Waals surface area contributed by atoms with Gasteiger partial charge in [0.05, 0.1) is 19.4 Å². The van der Waals surface area contributed by atoms with Gasteiger partial charge in [-0.15, -0.1) is 0 Å². The fourth-order valence-corrected chi connectivity index (χ4v) is 2.42. The number of furan rings is 1. The number of benzene rings is 2. The van der Waals surface area contributed by atoms with Crippen molar-refractivity contribution in [2.45, 2.75) is 13.1 Å². The molecule has 1 aromatic heterocycles. The Labute approximate surface area is 162 Å². The van der Waals surface area contributed by atoms with Crippen LogP contribution >= 0.6 is 0 Å². The Bertz CT molecular complexity index is 895. The van der Waals surface area contributed by atoms with E-state index in [0.29, 0.717) is 17.3 Å². The molecule has 0 bridgehead atoms. The smallest absolute Gasteiger partial charge is 0.315 e. The Balaban J connectivity index is 1.43. The van der Waals surface area contributed by atoms with Crippen molar-refractivity contribution < 1.29 is 18.7 Å². The van der Waals surface area contributed by atoms with Crippen LogP contribution in [0.15, 0.2) is 77.4 Å². The molecule has 2 aromatic carbocycles. The zero-order valence-corrected chi connectivity index (χ0v) is 15.2. The molecule has 3 amide bonds. The number of hydrogen-bond acceptors (Lipinski definition) is 4. The van der Waals surface area contributed by atoms with Crippen LogP contribution in [-0.4, -0.2) is 18.5 Å². The fraction of sp³-hybridized carbons (Fsp3) is 0.143. The number of amides is 3. The molecule has 3 aromatic rings. The van der Waals surface area contributed by atoms with Crippen LogP contribution < -0.4 is 20.7 Å². The van der Waals surface area contributed by atoms with Gasteiger partial charge in [0, 0.05) is 12.1 Å². The molecule has 0 saturated heterocycles. The van der Waals surface area contributed by atoms with Crippen molar-refractivity contribution in [3.8, 4) is 11.5 Å². The summed E-state index contributed by atoms with van der Waals surface area (Å²) in [6.45, 7) is 0.414. The predicted octanol–water partition coefficient (Wildman–Crippen LogP) is 3.19. The third-order valence-corrected chi connectivity index (χ3v) is 3.83. The summed E-state index contributed by atoms with van der Waals surface area (Å²) in [6, 6.07) is 19.9. The summed E-state index contributed by atoms with van der Waals surface area (Å²) < 4.78 is 11.0. The zero-order chi connectivity index (χ0) is 19.6. The maximum atomic E-state index is 12.0. The highest BCUT2D eigenvalue weighted by molar-refractivity contribution is 5.83.